The lowest BCUT2D eigenvalue weighted by atomic mass is 9.69. The minimum Gasteiger partial charge on any atom is -0.444 e. The summed E-state index contributed by atoms with van der Waals surface area (Å²) in [6.45, 7) is 4.87. The highest BCUT2D eigenvalue weighted by Gasteiger charge is 2.71. The summed E-state index contributed by atoms with van der Waals surface area (Å²) >= 11 is 0. The van der Waals surface area contributed by atoms with Gasteiger partial charge in [0.2, 0.25) is 15.9 Å². The Morgan fingerprint density at radius 3 is 2.83 bits per heavy atom. The quantitative estimate of drug-likeness (QED) is 0.851. The highest BCUT2D eigenvalue weighted by Crippen LogP contribution is 2.70. The molecule has 4 aliphatic rings. The molecule has 5 rings (SSSR count). The molecule has 1 aliphatic heterocycles. The van der Waals surface area contributed by atoms with Crippen molar-refractivity contribution >= 4 is 10.0 Å². The number of fused-ring (bicyclic) bond motifs is 1. The summed E-state index contributed by atoms with van der Waals surface area (Å²) in [5.74, 6) is 2.97. The predicted octanol–water partition coefficient (Wildman–Crippen LogP) is 2.89. The van der Waals surface area contributed by atoms with Crippen LogP contribution < -0.4 is 0 Å². The highest BCUT2D eigenvalue weighted by molar-refractivity contribution is 7.89. The van der Waals surface area contributed by atoms with Gasteiger partial charge in [0, 0.05) is 17.4 Å². The van der Waals surface area contributed by atoms with E-state index in [2.05, 4.69) is 18.8 Å². The number of hydrogen-bond acceptors (Lipinski definition) is 4. The molecule has 2 bridgehead atoms. The number of rotatable bonds is 3. The van der Waals surface area contributed by atoms with Crippen molar-refractivity contribution < 1.29 is 12.8 Å². The monoisotopic (exact) mass is 336 g/mol. The van der Waals surface area contributed by atoms with Gasteiger partial charge in [0.15, 0.2) is 0 Å². The molecule has 3 saturated carbocycles. The Bertz CT molecular complexity index is 765. The lowest BCUT2D eigenvalue weighted by Crippen LogP contribution is -2.41. The van der Waals surface area contributed by atoms with E-state index >= 15 is 0 Å². The molecule has 23 heavy (non-hydrogen) atoms. The van der Waals surface area contributed by atoms with Crippen LogP contribution in [0.25, 0.3) is 0 Å². The smallest absolute Gasteiger partial charge is 0.215 e. The van der Waals surface area contributed by atoms with Crippen LogP contribution >= 0.6 is 0 Å². The molecule has 1 saturated heterocycles. The van der Waals surface area contributed by atoms with Gasteiger partial charge in [0.25, 0.3) is 0 Å². The van der Waals surface area contributed by atoms with Crippen LogP contribution in [0.2, 0.25) is 0 Å². The standard InChI is InChI=1S/C17H24N2O3S/c1-16(2)12-5-6-17(16)10-23(20,21)19(14(17)7-12)9-15-18-8-13(22-15)11-3-4-11/h8,11-12,14H,3-7,9-10H2,1-2H3/t12-,14-,17?/m1/s1. The number of hydrogen-bond donors (Lipinski definition) is 0. The van der Waals surface area contributed by atoms with Crippen LogP contribution in [-0.4, -0.2) is 29.5 Å². The summed E-state index contributed by atoms with van der Waals surface area (Å²) < 4.78 is 33.3. The Morgan fingerprint density at radius 2 is 2.13 bits per heavy atom. The maximum absolute atomic E-state index is 12.9. The average molecular weight is 336 g/mol. The van der Waals surface area contributed by atoms with Crippen LogP contribution in [0.4, 0.5) is 0 Å². The van der Waals surface area contributed by atoms with Crippen LogP contribution in [0.5, 0.6) is 0 Å². The molecule has 0 N–H and O–H groups in total. The largest absolute Gasteiger partial charge is 0.444 e. The number of sulfonamides is 1. The topological polar surface area (TPSA) is 63.4 Å². The van der Waals surface area contributed by atoms with Crippen molar-refractivity contribution in [1.29, 1.82) is 0 Å². The van der Waals surface area contributed by atoms with Crippen LogP contribution in [0.3, 0.4) is 0 Å². The Labute approximate surface area is 137 Å². The zero-order valence-electron chi connectivity index (χ0n) is 13.8. The second-order valence-corrected chi connectivity index (χ2v) is 10.5. The number of oxazole rings is 1. The Morgan fingerprint density at radius 1 is 1.35 bits per heavy atom. The van der Waals surface area contributed by atoms with Crippen LogP contribution in [-0.2, 0) is 16.6 Å². The van der Waals surface area contributed by atoms with E-state index in [0.29, 0.717) is 30.0 Å². The summed E-state index contributed by atoms with van der Waals surface area (Å²) in [5.41, 5.74) is 0.0532. The number of nitrogens with zero attached hydrogens (tertiary/aromatic N) is 2. The van der Waals surface area contributed by atoms with Crippen molar-refractivity contribution in [2.45, 2.75) is 64.5 Å². The molecule has 3 aliphatic carbocycles. The van der Waals surface area contributed by atoms with Crippen LogP contribution in [0.15, 0.2) is 10.6 Å². The van der Waals surface area contributed by atoms with Gasteiger partial charge < -0.3 is 4.42 Å². The Hall–Kier alpha value is -0.880. The van der Waals surface area contributed by atoms with Gasteiger partial charge in [0.1, 0.15) is 5.76 Å². The fraction of sp³-hybridized carbons (Fsp3) is 0.824. The van der Waals surface area contributed by atoms with E-state index in [4.69, 9.17) is 4.42 Å². The molecule has 1 aromatic heterocycles. The Balaban J connectivity index is 1.48. The molecular formula is C17H24N2O3S. The molecular weight excluding hydrogens is 312 g/mol. The SMILES string of the molecule is CC1(C)[C@@H]2CCC13CS(=O)(=O)N(Cc1ncc(C4CC4)o1)[C@@H]3C2. The minimum absolute atomic E-state index is 0.0670. The molecule has 1 aromatic rings. The molecule has 1 unspecified atom stereocenters. The van der Waals surface area contributed by atoms with E-state index in [1.807, 2.05) is 0 Å². The van der Waals surface area contributed by atoms with E-state index in [-0.39, 0.29) is 16.9 Å². The van der Waals surface area contributed by atoms with Crippen LogP contribution in [0, 0.1) is 16.7 Å². The normalized spacial score (nSPS) is 40.6. The maximum Gasteiger partial charge on any atom is 0.215 e. The summed E-state index contributed by atoms with van der Waals surface area (Å²) in [6, 6.07) is 0.137. The van der Waals surface area contributed by atoms with E-state index in [9.17, 15) is 8.42 Å². The summed E-state index contributed by atoms with van der Waals surface area (Å²) in [5, 5.41) is 0. The lowest BCUT2D eigenvalue weighted by molar-refractivity contribution is 0.109. The Kier molecular flexibility index (Phi) is 2.64. The van der Waals surface area contributed by atoms with Crippen molar-refractivity contribution in [1.82, 2.24) is 9.29 Å². The van der Waals surface area contributed by atoms with Gasteiger partial charge in [-0.3, -0.25) is 0 Å². The third-order valence-corrected chi connectivity index (χ3v) is 9.35. The van der Waals surface area contributed by atoms with Crippen molar-refractivity contribution in [3.05, 3.63) is 17.8 Å². The predicted molar refractivity (Wildman–Crippen MR) is 85.2 cm³/mol. The van der Waals surface area contributed by atoms with Gasteiger partial charge in [-0.1, -0.05) is 13.8 Å². The zero-order chi connectivity index (χ0) is 16.0. The second-order valence-electron chi connectivity index (χ2n) is 8.60. The van der Waals surface area contributed by atoms with E-state index in [1.54, 1.807) is 10.5 Å². The molecule has 1 spiro atoms. The highest BCUT2D eigenvalue weighted by atomic mass is 32.2. The van der Waals surface area contributed by atoms with Crippen molar-refractivity contribution in [3.63, 3.8) is 0 Å². The molecule has 0 aromatic carbocycles. The minimum atomic E-state index is -3.22. The first-order valence-electron chi connectivity index (χ1n) is 8.78. The van der Waals surface area contributed by atoms with E-state index in [1.165, 1.54) is 6.42 Å². The van der Waals surface area contributed by atoms with Crippen molar-refractivity contribution in [3.8, 4) is 0 Å². The van der Waals surface area contributed by atoms with Crippen molar-refractivity contribution in [2.75, 3.05) is 5.75 Å². The van der Waals surface area contributed by atoms with Gasteiger partial charge in [0.05, 0.1) is 18.5 Å². The summed E-state index contributed by atoms with van der Waals surface area (Å²) in [7, 11) is -3.22. The molecule has 2 heterocycles. The molecule has 3 atom stereocenters. The molecule has 0 radical (unpaired) electrons. The lowest BCUT2D eigenvalue weighted by Gasteiger charge is -2.37. The fourth-order valence-corrected chi connectivity index (χ4v) is 8.18. The third kappa shape index (κ3) is 1.77. The molecule has 126 valence electrons. The molecule has 4 fully saturated rings. The first kappa shape index (κ1) is 14.5. The van der Waals surface area contributed by atoms with Gasteiger partial charge in [-0.15, -0.1) is 0 Å². The second kappa shape index (κ2) is 4.20. The van der Waals surface area contributed by atoms with Crippen molar-refractivity contribution in [2.24, 2.45) is 16.7 Å². The average Bonchev–Trinajstić information content (AvgIpc) is 3.06. The van der Waals surface area contributed by atoms with Gasteiger partial charge in [-0.05, 0) is 43.4 Å². The van der Waals surface area contributed by atoms with E-state index in [0.717, 1.165) is 31.4 Å². The first-order chi connectivity index (χ1) is 10.8. The molecule has 6 heteroatoms. The van der Waals surface area contributed by atoms with Gasteiger partial charge >= 0.3 is 0 Å². The molecule has 5 nitrogen and oxygen atoms in total. The van der Waals surface area contributed by atoms with Gasteiger partial charge in [-0.2, -0.15) is 4.31 Å². The fourth-order valence-electron chi connectivity index (χ4n) is 5.67. The maximum atomic E-state index is 12.9. The van der Waals surface area contributed by atoms with Gasteiger partial charge in [-0.25, -0.2) is 13.4 Å². The summed E-state index contributed by atoms with van der Waals surface area (Å²) in [6.07, 6.45) is 7.34. The van der Waals surface area contributed by atoms with E-state index < -0.39 is 10.0 Å². The van der Waals surface area contributed by atoms with Crippen LogP contribution in [0.1, 0.15) is 63.5 Å². The first-order valence-corrected chi connectivity index (χ1v) is 10.4. The zero-order valence-corrected chi connectivity index (χ0v) is 14.6. The summed E-state index contributed by atoms with van der Waals surface area (Å²) in [4.78, 5) is 4.34. The molecule has 0 amide bonds. The third-order valence-electron chi connectivity index (χ3n) is 7.38. The number of aromatic nitrogens is 1.